The van der Waals surface area contributed by atoms with E-state index < -0.39 is 0 Å². The fourth-order valence-electron chi connectivity index (χ4n) is 2.45. The van der Waals surface area contributed by atoms with Gasteiger partial charge in [0, 0.05) is 11.8 Å². The third-order valence-electron chi connectivity index (χ3n) is 3.75. The molecule has 0 saturated heterocycles. The Bertz CT molecular complexity index is 963. The fraction of sp³-hybridized carbons (Fsp3) is 0.158. The van der Waals surface area contributed by atoms with E-state index in [0.29, 0.717) is 27.1 Å². The molecule has 1 aromatic carbocycles. The topological polar surface area (TPSA) is 89.8 Å². The number of furan rings is 1. The van der Waals surface area contributed by atoms with Gasteiger partial charge in [-0.1, -0.05) is 0 Å². The smallest absolute Gasteiger partial charge is 0.291 e. The third-order valence-corrected chi connectivity index (χ3v) is 4.90. The first-order valence-electron chi connectivity index (χ1n) is 8.00. The summed E-state index contributed by atoms with van der Waals surface area (Å²) in [6.45, 7) is 1.81. The first kappa shape index (κ1) is 18.5. The Labute approximate surface area is 159 Å². The molecule has 0 saturated carbocycles. The van der Waals surface area contributed by atoms with Crippen LogP contribution >= 0.6 is 11.3 Å². The first-order chi connectivity index (χ1) is 13.0. The number of anilines is 2. The predicted octanol–water partition coefficient (Wildman–Crippen LogP) is 4.17. The van der Waals surface area contributed by atoms with Gasteiger partial charge >= 0.3 is 0 Å². The van der Waals surface area contributed by atoms with Gasteiger partial charge in [-0.05, 0) is 42.8 Å². The van der Waals surface area contributed by atoms with Crippen molar-refractivity contribution in [1.29, 1.82) is 0 Å². The van der Waals surface area contributed by atoms with E-state index in [1.54, 1.807) is 43.5 Å². The summed E-state index contributed by atoms with van der Waals surface area (Å²) in [7, 11) is 3.07. The summed E-state index contributed by atoms with van der Waals surface area (Å²) in [6.07, 6.45) is 1.43. The number of nitrogens with one attached hydrogen (secondary N) is 2. The van der Waals surface area contributed by atoms with Crippen molar-refractivity contribution in [3.05, 3.63) is 58.9 Å². The zero-order valence-corrected chi connectivity index (χ0v) is 15.8. The Morgan fingerprint density at radius 2 is 1.78 bits per heavy atom. The van der Waals surface area contributed by atoms with E-state index >= 15 is 0 Å². The second-order valence-corrected chi connectivity index (χ2v) is 6.63. The van der Waals surface area contributed by atoms with Crippen molar-refractivity contribution in [2.45, 2.75) is 6.92 Å². The lowest BCUT2D eigenvalue weighted by Gasteiger charge is -2.10. The number of amides is 2. The van der Waals surface area contributed by atoms with Crippen LogP contribution in [0.3, 0.4) is 0 Å². The molecule has 0 aliphatic carbocycles. The molecule has 140 valence electrons. The summed E-state index contributed by atoms with van der Waals surface area (Å²) in [4.78, 5) is 25.2. The molecule has 0 radical (unpaired) electrons. The molecule has 0 bridgehead atoms. The number of aryl methyl sites for hydroxylation is 1. The van der Waals surface area contributed by atoms with Crippen molar-refractivity contribution >= 4 is 33.8 Å². The van der Waals surface area contributed by atoms with Crippen molar-refractivity contribution in [3.63, 3.8) is 0 Å². The predicted molar refractivity (Wildman–Crippen MR) is 103 cm³/mol. The molecule has 0 unspecified atom stereocenters. The largest absolute Gasteiger partial charge is 0.493 e. The highest BCUT2D eigenvalue weighted by Crippen LogP contribution is 2.31. The van der Waals surface area contributed by atoms with Crippen LogP contribution < -0.4 is 20.1 Å². The average molecular weight is 386 g/mol. The molecule has 0 atom stereocenters. The van der Waals surface area contributed by atoms with E-state index in [0.717, 1.165) is 5.56 Å². The maximum atomic E-state index is 12.6. The summed E-state index contributed by atoms with van der Waals surface area (Å²) in [5.74, 6) is 0.657. The number of ether oxygens (including phenoxy) is 2. The lowest BCUT2D eigenvalue weighted by Crippen LogP contribution is -2.11. The number of carbonyl (C=O) groups excluding carboxylic acids is 2. The maximum Gasteiger partial charge on any atom is 0.291 e. The lowest BCUT2D eigenvalue weighted by atomic mass is 10.2. The Balaban J connectivity index is 1.74. The van der Waals surface area contributed by atoms with E-state index in [-0.39, 0.29) is 17.6 Å². The molecule has 3 rings (SSSR count). The van der Waals surface area contributed by atoms with Gasteiger partial charge in [-0.15, -0.1) is 11.3 Å². The Hall–Kier alpha value is -3.26. The van der Waals surface area contributed by atoms with Crippen molar-refractivity contribution in [3.8, 4) is 11.5 Å². The van der Waals surface area contributed by atoms with Crippen molar-refractivity contribution in [2.75, 3.05) is 24.9 Å². The number of rotatable bonds is 6. The van der Waals surface area contributed by atoms with E-state index in [1.807, 2.05) is 6.92 Å². The van der Waals surface area contributed by atoms with Gasteiger partial charge in [0.25, 0.3) is 11.8 Å². The van der Waals surface area contributed by atoms with Gasteiger partial charge in [-0.2, -0.15) is 0 Å². The van der Waals surface area contributed by atoms with Crippen LogP contribution in [-0.4, -0.2) is 26.0 Å². The van der Waals surface area contributed by atoms with Crippen molar-refractivity contribution < 1.29 is 23.5 Å². The van der Waals surface area contributed by atoms with Crippen LogP contribution in [0.4, 0.5) is 10.7 Å². The standard InChI is InChI=1S/C19H18N2O5S/c1-11-9-16(21-18(22)14-5-4-8-26-14)27-17(11)19(23)20-12-6-7-13(24-2)15(10-12)25-3/h4-10H,1-3H3,(H,20,23)(H,21,22). The minimum absolute atomic E-state index is 0.206. The molecule has 0 spiro atoms. The summed E-state index contributed by atoms with van der Waals surface area (Å²) in [5, 5.41) is 6.11. The Morgan fingerprint density at radius 1 is 1.00 bits per heavy atom. The maximum absolute atomic E-state index is 12.6. The molecule has 2 aromatic heterocycles. The Morgan fingerprint density at radius 3 is 2.44 bits per heavy atom. The summed E-state index contributed by atoms with van der Waals surface area (Å²) >= 11 is 1.19. The minimum atomic E-state index is -0.368. The van der Waals surface area contributed by atoms with Gasteiger partial charge < -0.3 is 24.5 Å². The molecule has 0 aliphatic rings. The van der Waals surface area contributed by atoms with E-state index in [4.69, 9.17) is 13.9 Å². The van der Waals surface area contributed by atoms with E-state index in [1.165, 1.54) is 24.7 Å². The molecule has 27 heavy (non-hydrogen) atoms. The molecular weight excluding hydrogens is 368 g/mol. The number of benzene rings is 1. The van der Waals surface area contributed by atoms with Crippen LogP contribution in [0.1, 0.15) is 25.8 Å². The molecule has 8 heteroatoms. The highest BCUT2D eigenvalue weighted by Gasteiger charge is 2.17. The van der Waals surface area contributed by atoms with Crippen LogP contribution in [0.2, 0.25) is 0 Å². The van der Waals surface area contributed by atoms with Gasteiger partial charge in [-0.25, -0.2) is 0 Å². The molecule has 2 N–H and O–H groups in total. The van der Waals surface area contributed by atoms with Crippen LogP contribution in [-0.2, 0) is 0 Å². The van der Waals surface area contributed by atoms with Crippen LogP contribution in [0.15, 0.2) is 47.1 Å². The first-order valence-corrected chi connectivity index (χ1v) is 8.82. The van der Waals surface area contributed by atoms with Crippen molar-refractivity contribution in [2.24, 2.45) is 0 Å². The normalized spacial score (nSPS) is 10.3. The second kappa shape index (κ2) is 7.96. The van der Waals surface area contributed by atoms with Gasteiger partial charge in [0.2, 0.25) is 0 Å². The van der Waals surface area contributed by atoms with Gasteiger partial charge in [-0.3, -0.25) is 9.59 Å². The summed E-state index contributed by atoms with van der Waals surface area (Å²) < 4.78 is 15.5. The summed E-state index contributed by atoms with van der Waals surface area (Å²) in [6, 6.07) is 10.1. The highest BCUT2D eigenvalue weighted by atomic mass is 32.1. The zero-order chi connectivity index (χ0) is 19.4. The number of hydrogen-bond acceptors (Lipinski definition) is 6. The third kappa shape index (κ3) is 4.12. The minimum Gasteiger partial charge on any atom is -0.493 e. The van der Waals surface area contributed by atoms with E-state index in [2.05, 4.69) is 10.6 Å². The fourth-order valence-corrected chi connectivity index (χ4v) is 3.42. The van der Waals surface area contributed by atoms with Crippen LogP contribution in [0, 0.1) is 6.92 Å². The average Bonchev–Trinajstić information content (AvgIpc) is 3.31. The molecule has 0 aliphatic heterocycles. The molecule has 0 fully saturated rings. The van der Waals surface area contributed by atoms with E-state index in [9.17, 15) is 9.59 Å². The number of methoxy groups -OCH3 is 2. The van der Waals surface area contributed by atoms with Gasteiger partial charge in [0.05, 0.1) is 30.4 Å². The quantitative estimate of drug-likeness (QED) is 0.664. The van der Waals surface area contributed by atoms with Crippen LogP contribution in [0.25, 0.3) is 0 Å². The molecule has 7 nitrogen and oxygen atoms in total. The molecule has 2 amide bonds. The number of thiophene rings is 1. The monoisotopic (exact) mass is 386 g/mol. The SMILES string of the molecule is COc1ccc(NC(=O)c2sc(NC(=O)c3ccco3)cc2C)cc1OC. The second-order valence-electron chi connectivity index (χ2n) is 5.58. The zero-order valence-electron chi connectivity index (χ0n) is 15.0. The Kier molecular flexibility index (Phi) is 5.46. The summed E-state index contributed by atoms with van der Waals surface area (Å²) in [5.41, 5.74) is 1.33. The molecular formula is C19H18N2O5S. The van der Waals surface area contributed by atoms with Gasteiger partial charge in [0.1, 0.15) is 0 Å². The van der Waals surface area contributed by atoms with Crippen molar-refractivity contribution in [1.82, 2.24) is 0 Å². The van der Waals surface area contributed by atoms with Gasteiger partial charge in [0.15, 0.2) is 17.3 Å². The highest BCUT2D eigenvalue weighted by molar-refractivity contribution is 7.18. The number of carbonyl (C=O) groups is 2. The number of hydrogen-bond donors (Lipinski definition) is 2. The lowest BCUT2D eigenvalue weighted by molar-refractivity contribution is 0.0995. The molecule has 3 aromatic rings. The molecule has 2 heterocycles. The van der Waals surface area contributed by atoms with Crippen LogP contribution in [0.5, 0.6) is 11.5 Å².